The molecule has 0 aromatic carbocycles. The summed E-state index contributed by atoms with van der Waals surface area (Å²) >= 11 is 3.39. The van der Waals surface area contributed by atoms with Crippen molar-refractivity contribution in [2.24, 2.45) is 5.92 Å². The lowest BCUT2D eigenvalue weighted by Crippen LogP contribution is -2.40. The van der Waals surface area contributed by atoms with Gasteiger partial charge in [-0.1, -0.05) is 40.2 Å². The average Bonchev–Trinajstić information content (AvgIpc) is 2.05. The van der Waals surface area contributed by atoms with Gasteiger partial charge >= 0.3 is 0 Å². The SMILES string of the molecule is O=C1C=C[C@H]2C=C(Br)C=C[C@@H]2N1. The van der Waals surface area contributed by atoms with E-state index in [2.05, 4.69) is 27.3 Å². The monoisotopic (exact) mass is 225 g/mol. The number of amides is 1. The highest BCUT2D eigenvalue weighted by atomic mass is 79.9. The topological polar surface area (TPSA) is 29.1 Å². The van der Waals surface area contributed by atoms with Crippen LogP contribution < -0.4 is 5.32 Å². The van der Waals surface area contributed by atoms with E-state index in [-0.39, 0.29) is 11.9 Å². The minimum absolute atomic E-state index is 0.00711. The lowest BCUT2D eigenvalue weighted by atomic mass is 9.92. The van der Waals surface area contributed by atoms with Gasteiger partial charge in [0, 0.05) is 10.4 Å². The molecule has 0 saturated carbocycles. The molecule has 2 aliphatic rings. The minimum Gasteiger partial charge on any atom is -0.345 e. The van der Waals surface area contributed by atoms with Gasteiger partial charge < -0.3 is 5.32 Å². The van der Waals surface area contributed by atoms with Gasteiger partial charge in [0.05, 0.1) is 6.04 Å². The third kappa shape index (κ3) is 1.37. The van der Waals surface area contributed by atoms with E-state index in [4.69, 9.17) is 0 Å². The Hall–Kier alpha value is -0.830. The molecule has 0 aromatic rings. The fourth-order valence-electron chi connectivity index (χ4n) is 1.40. The third-order valence-electron chi connectivity index (χ3n) is 2.01. The van der Waals surface area contributed by atoms with Crippen LogP contribution in [0.3, 0.4) is 0 Å². The summed E-state index contributed by atoms with van der Waals surface area (Å²) in [5, 5.41) is 2.86. The molecular weight excluding hydrogens is 218 g/mol. The maximum Gasteiger partial charge on any atom is 0.244 e. The van der Waals surface area contributed by atoms with Gasteiger partial charge in [-0.3, -0.25) is 4.79 Å². The van der Waals surface area contributed by atoms with Crippen LogP contribution in [0, 0.1) is 5.92 Å². The second-order valence-electron chi connectivity index (χ2n) is 2.88. The molecule has 0 aromatic heterocycles. The van der Waals surface area contributed by atoms with E-state index < -0.39 is 0 Å². The quantitative estimate of drug-likeness (QED) is 0.666. The van der Waals surface area contributed by atoms with Gasteiger partial charge in [-0.2, -0.15) is 0 Å². The molecule has 2 atom stereocenters. The molecule has 0 fully saturated rings. The Bertz CT molecular complexity index is 304. The lowest BCUT2D eigenvalue weighted by molar-refractivity contribution is -0.117. The molecule has 2 nitrogen and oxygen atoms in total. The summed E-state index contributed by atoms with van der Waals surface area (Å²) in [6, 6.07) is 0.142. The molecule has 2 rings (SSSR count). The number of rotatable bonds is 0. The number of carbonyl (C=O) groups is 1. The lowest BCUT2D eigenvalue weighted by Gasteiger charge is -2.26. The fraction of sp³-hybridized carbons (Fsp3) is 0.222. The van der Waals surface area contributed by atoms with Crippen molar-refractivity contribution in [2.45, 2.75) is 6.04 Å². The van der Waals surface area contributed by atoms with E-state index in [1.165, 1.54) is 0 Å². The number of hydrogen-bond acceptors (Lipinski definition) is 1. The summed E-state index contributed by atoms with van der Waals surface area (Å²) in [6.07, 6.45) is 9.54. The van der Waals surface area contributed by atoms with Crippen molar-refractivity contribution in [2.75, 3.05) is 0 Å². The second kappa shape index (κ2) is 2.90. The Morgan fingerprint density at radius 3 is 3.00 bits per heavy atom. The smallest absolute Gasteiger partial charge is 0.244 e. The van der Waals surface area contributed by atoms with Crippen molar-refractivity contribution in [3.8, 4) is 0 Å². The molecule has 62 valence electrons. The summed E-state index contributed by atoms with van der Waals surface area (Å²) in [4.78, 5) is 10.9. The molecule has 3 heteroatoms. The van der Waals surface area contributed by atoms with Crippen molar-refractivity contribution < 1.29 is 4.79 Å². The Morgan fingerprint density at radius 1 is 1.33 bits per heavy atom. The second-order valence-corrected chi connectivity index (χ2v) is 3.80. The number of allylic oxidation sites excluding steroid dienone is 2. The van der Waals surface area contributed by atoms with E-state index in [1.54, 1.807) is 6.08 Å². The number of carbonyl (C=O) groups excluding carboxylic acids is 1. The average molecular weight is 226 g/mol. The summed E-state index contributed by atoms with van der Waals surface area (Å²) in [6.45, 7) is 0. The van der Waals surface area contributed by atoms with E-state index in [0.29, 0.717) is 5.92 Å². The molecule has 1 aliphatic heterocycles. The first kappa shape index (κ1) is 7.80. The molecule has 1 aliphatic carbocycles. The maximum atomic E-state index is 10.9. The van der Waals surface area contributed by atoms with Crippen LogP contribution in [0.15, 0.2) is 34.9 Å². The van der Waals surface area contributed by atoms with E-state index in [1.807, 2.05) is 18.2 Å². The first-order valence-electron chi connectivity index (χ1n) is 3.80. The number of nitrogens with one attached hydrogen (secondary N) is 1. The summed E-state index contributed by atoms with van der Waals surface area (Å²) in [5.74, 6) is 0.300. The van der Waals surface area contributed by atoms with Crippen LogP contribution in [-0.2, 0) is 4.79 Å². The maximum absolute atomic E-state index is 10.9. The highest BCUT2D eigenvalue weighted by Crippen LogP contribution is 2.23. The minimum atomic E-state index is -0.00711. The highest BCUT2D eigenvalue weighted by Gasteiger charge is 2.22. The van der Waals surface area contributed by atoms with Gasteiger partial charge in [0.1, 0.15) is 0 Å². The van der Waals surface area contributed by atoms with Crippen LogP contribution in [0.25, 0.3) is 0 Å². The highest BCUT2D eigenvalue weighted by molar-refractivity contribution is 9.11. The van der Waals surface area contributed by atoms with E-state index in [9.17, 15) is 4.79 Å². The molecule has 1 N–H and O–H groups in total. The molecule has 0 bridgehead atoms. The van der Waals surface area contributed by atoms with Gasteiger partial charge in [0.25, 0.3) is 0 Å². The molecule has 0 radical (unpaired) electrons. The largest absolute Gasteiger partial charge is 0.345 e. The first-order valence-corrected chi connectivity index (χ1v) is 4.59. The molecule has 1 amide bonds. The van der Waals surface area contributed by atoms with E-state index >= 15 is 0 Å². The van der Waals surface area contributed by atoms with Gasteiger partial charge in [-0.05, 0) is 6.08 Å². The Balaban J connectivity index is 2.27. The van der Waals surface area contributed by atoms with Gasteiger partial charge in [-0.25, -0.2) is 0 Å². The molecule has 0 spiro atoms. The third-order valence-corrected chi connectivity index (χ3v) is 2.54. The van der Waals surface area contributed by atoms with Crippen molar-refractivity contribution in [3.63, 3.8) is 0 Å². The van der Waals surface area contributed by atoms with Crippen LogP contribution in [0.5, 0.6) is 0 Å². The predicted octanol–water partition coefficient (Wildman–Crippen LogP) is 1.51. The number of hydrogen-bond donors (Lipinski definition) is 1. The van der Waals surface area contributed by atoms with Gasteiger partial charge in [0.15, 0.2) is 0 Å². The van der Waals surface area contributed by atoms with Gasteiger partial charge in [0.2, 0.25) is 5.91 Å². The van der Waals surface area contributed by atoms with Crippen LogP contribution in [0.2, 0.25) is 0 Å². The summed E-state index contributed by atoms with van der Waals surface area (Å²) in [5.41, 5.74) is 0. The van der Waals surface area contributed by atoms with Gasteiger partial charge in [-0.15, -0.1) is 0 Å². The number of fused-ring (bicyclic) bond motifs is 1. The summed E-state index contributed by atoms with van der Waals surface area (Å²) in [7, 11) is 0. The Labute approximate surface area is 79.2 Å². The van der Waals surface area contributed by atoms with Crippen LogP contribution in [-0.4, -0.2) is 11.9 Å². The molecule has 0 unspecified atom stereocenters. The molecule has 0 saturated heterocycles. The number of halogens is 1. The normalized spacial score (nSPS) is 32.4. The molecule has 12 heavy (non-hydrogen) atoms. The van der Waals surface area contributed by atoms with Crippen LogP contribution in [0.4, 0.5) is 0 Å². The van der Waals surface area contributed by atoms with Crippen LogP contribution in [0.1, 0.15) is 0 Å². The predicted molar refractivity (Wildman–Crippen MR) is 50.7 cm³/mol. The zero-order valence-corrected chi connectivity index (χ0v) is 7.91. The van der Waals surface area contributed by atoms with E-state index in [0.717, 1.165) is 4.48 Å². The van der Waals surface area contributed by atoms with Crippen LogP contribution >= 0.6 is 15.9 Å². The Kier molecular flexibility index (Phi) is 1.89. The zero-order chi connectivity index (χ0) is 8.55. The zero-order valence-electron chi connectivity index (χ0n) is 6.33. The fourth-order valence-corrected chi connectivity index (χ4v) is 1.86. The van der Waals surface area contributed by atoms with Crippen molar-refractivity contribution in [1.82, 2.24) is 5.32 Å². The van der Waals surface area contributed by atoms with Crippen molar-refractivity contribution in [3.05, 3.63) is 34.9 Å². The van der Waals surface area contributed by atoms with Crippen molar-refractivity contribution >= 4 is 21.8 Å². The summed E-state index contributed by atoms with van der Waals surface area (Å²) < 4.78 is 1.07. The standard InChI is InChI=1S/C9H8BrNO/c10-7-2-3-8-6(5-7)1-4-9(12)11-8/h1-6,8H,(H,11,12)/t6-,8-/m0/s1. The Morgan fingerprint density at radius 2 is 2.17 bits per heavy atom. The van der Waals surface area contributed by atoms with Crippen molar-refractivity contribution in [1.29, 1.82) is 0 Å². The molecule has 1 heterocycles. The first-order chi connectivity index (χ1) is 5.75. The molecular formula is C9H8BrNO.